The van der Waals surface area contributed by atoms with Crippen molar-refractivity contribution in [2.24, 2.45) is 0 Å². The van der Waals surface area contributed by atoms with Crippen molar-refractivity contribution in [3.05, 3.63) is 247 Å². The minimum atomic E-state index is -0.670. The summed E-state index contributed by atoms with van der Waals surface area (Å²) >= 11 is 1.71. The molecule has 0 saturated heterocycles. The molecule has 0 aliphatic heterocycles. The van der Waals surface area contributed by atoms with Crippen LogP contribution in [0.25, 0.3) is 53.6 Å². The van der Waals surface area contributed by atoms with E-state index in [9.17, 15) is 5.48 Å². The van der Waals surface area contributed by atoms with Gasteiger partial charge in [-0.3, -0.25) is 0 Å². The summed E-state index contributed by atoms with van der Waals surface area (Å²) in [7, 11) is 0. The maximum atomic E-state index is 9.77. The Bertz CT molecular complexity index is 3220. The van der Waals surface area contributed by atoms with Gasteiger partial charge < -0.3 is 4.90 Å². The van der Waals surface area contributed by atoms with E-state index >= 15 is 0 Å². The minimum Gasteiger partial charge on any atom is -0.310 e. The first-order valence-electron chi connectivity index (χ1n) is 21.3. The van der Waals surface area contributed by atoms with Gasteiger partial charge in [0.25, 0.3) is 0 Å². The third-order valence-corrected chi connectivity index (χ3v) is 12.6. The molecular formula is C55H37NS. The summed E-state index contributed by atoms with van der Waals surface area (Å²) in [6, 6.07) is 68.5. The molecule has 57 heavy (non-hydrogen) atoms. The molecule has 0 N–H and O–H groups in total. The molecule has 0 unspecified atom stereocenters. The third kappa shape index (κ3) is 5.44. The van der Waals surface area contributed by atoms with E-state index in [1.54, 1.807) is 11.3 Å². The molecule has 0 radical (unpaired) electrons. The molecular weight excluding hydrogens is 707 g/mol. The van der Waals surface area contributed by atoms with Gasteiger partial charge in [0, 0.05) is 37.2 Å². The van der Waals surface area contributed by atoms with E-state index in [-0.39, 0.29) is 35.4 Å². The zero-order valence-corrected chi connectivity index (χ0v) is 31.7. The topological polar surface area (TPSA) is 3.24 Å². The molecule has 1 heterocycles. The summed E-state index contributed by atoms with van der Waals surface area (Å²) in [5, 5.41) is 2.15. The van der Waals surface area contributed by atoms with Crippen molar-refractivity contribution in [2.45, 2.75) is 5.41 Å². The van der Waals surface area contributed by atoms with E-state index in [0.717, 1.165) is 65.8 Å². The fourth-order valence-electron chi connectivity index (χ4n) is 8.86. The number of fused-ring (bicyclic) bond motifs is 6. The number of nitrogens with zero attached hydrogens (tertiary/aromatic N) is 1. The molecule has 11 rings (SSSR count). The van der Waals surface area contributed by atoms with Crippen LogP contribution in [0.4, 0.5) is 17.1 Å². The highest BCUT2D eigenvalue weighted by Gasteiger charge is 2.46. The Balaban J connectivity index is 1.15. The standard InChI is InChI=1S/C55H37NS/c1-4-14-38(15-5-1)39-24-29-44(30-25-39)56(45-31-26-40(27-32-45)41-28-35-54-50(36-41)49-21-11-13-23-53(49)57-54)46-33-34-48-47-20-10-12-22-51(47)55(52(48)37-46,42-16-6-2-7-17-42)43-18-8-3-9-19-43/h1-37H/i26D,27D,31D,32D. The lowest BCUT2D eigenvalue weighted by molar-refractivity contribution is 0.768. The van der Waals surface area contributed by atoms with Crippen LogP contribution in [0.3, 0.4) is 0 Å². The van der Waals surface area contributed by atoms with Gasteiger partial charge >= 0.3 is 0 Å². The van der Waals surface area contributed by atoms with Gasteiger partial charge in [0.2, 0.25) is 0 Å². The summed E-state index contributed by atoms with van der Waals surface area (Å²) in [6.45, 7) is 0. The third-order valence-electron chi connectivity index (χ3n) is 11.4. The van der Waals surface area contributed by atoms with Crippen LogP contribution in [0.15, 0.2) is 224 Å². The lowest BCUT2D eigenvalue weighted by atomic mass is 9.67. The highest BCUT2D eigenvalue weighted by Crippen LogP contribution is 2.57. The van der Waals surface area contributed by atoms with E-state index < -0.39 is 5.41 Å². The number of benzene rings is 9. The SMILES string of the molecule is [2H]c1c([2H])c(N(c2ccc(-c3ccccc3)cc2)c2ccc3c(c2)C(c2ccccc2)(c2ccccc2)c2ccccc2-3)c([2H])c([2H])c1-c1ccc2sc3ccccc3c2c1. The van der Waals surface area contributed by atoms with Gasteiger partial charge in [-0.25, -0.2) is 0 Å². The van der Waals surface area contributed by atoms with Crippen LogP contribution < -0.4 is 4.90 Å². The number of thiophene rings is 1. The first kappa shape index (κ1) is 29.3. The molecule has 2 heteroatoms. The Hall–Kier alpha value is -7.00. The van der Waals surface area contributed by atoms with Gasteiger partial charge in [0.1, 0.15) is 0 Å². The molecule has 0 spiro atoms. The molecule has 268 valence electrons. The normalized spacial score (nSPS) is 13.7. The molecule has 1 aliphatic rings. The summed E-state index contributed by atoms with van der Waals surface area (Å²) < 4.78 is 41.0. The average molecular weight is 748 g/mol. The quantitative estimate of drug-likeness (QED) is 0.157. The lowest BCUT2D eigenvalue weighted by Gasteiger charge is -2.35. The second kappa shape index (κ2) is 13.6. The first-order chi connectivity index (χ1) is 29.9. The van der Waals surface area contributed by atoms with Crippen molar-refractivity contribution in [1.29, 1.82) is 0 Å². The summed E-state index contributed by atoms with van der Waals surface area (Å²) in [6.07, 6.45) is 0. The van der Waals surface area contributed by atoms with Gasteiger partial charge in [-0.1, -0.05) is 170 Å². The van der Waals surface area contributed by atoms with Gasteiger partial charge in [-0.05, 0) is 110 Å². The molecule has 9 aromatic carbocycles. The van der Waals surface area contributed by atoms with Crippen LogP contribution in [0, 0.1) is 0 Å². The molecule has 0 amide bonds. The number of rotatable bonds is 7. The van der Waals surface area contributed by atoms with Gasteiger partial charge in [0.15, 0.2) is 0 Å². The predicted molar refractivity (Wildman–Crippen MR) is 242 cm³/mol. The first-order valence-corrected chi connectivity index (χ1v) is 20.1. The second-order valence-corrected chi connectivity index (χ2v) is 15.6. The van der Waals surface area contributed by atoms with E-state index in [4.69, 9.17) is 0 Å². The predicted octanol–water partition coefficient (Wildman–Crippen LogP) is 15.2. The fourth-order valence-corrected chi connectivity index (χ4v) is 9.94. The second-order valence-electron chi connectivity index (χ2n) is 14.5. The molecule has 1 nitrogen and oxygen atoms in total. The Labute approximate surface area is 343 Å². The van der Waals surface area contributed by atoms with Crippen LogP contribution in [-0.2, 0) is 5.41 Å². The van der Waals surface area contributed by atoms with Crippen LogP contribution >= 0.6 is 11.3 Å². The van der Waals surface area contributed by atoms with Crippen molar-refractivity contribution in [3.63, 3.8) is 0 Å². The van der Waals surface area contributed by atoms with Crippen molar-refractivity contribution < 1.29 is 5.48 Å². The largest absolute Gasteiger partial charge is 0.310 e. The summed E-state index contributed by atoms with van der Waals surface area (Å²) in [5.41, 5.74) is 10.8. The Morgan fingerprint density at radius 1 is 0.368 bits per heavy atom. The van der Waals surface area contributed by atoms with Crippen LogP contribution in [-0.4, -0.2) is 0 Å². The zero-order valence-electron chi connectivity index (χ0n) is 34.9. The van der Waals surface area contributed by atoms with E-state index in [0.29, 0.717) is 5.56 Å². The van der Waals surface area contributed by atoms with E-state index in [2.05, 4.69) is 127 Å². The van der Waals surface area contributed by atoms with Crippen LogP contribution in [0.2, 0.25) is 0 Å². The van der Waals surface area contributed by atoms with Crippen molar-refractivity contribution in [3.8, 4) is 33.4 Å². The van der Waals surface area contributed by atoms with Crippen LogP contribution in [0.1, 0.15) is 27.7 Å². The molecule has 0 saturated carbocycles. The smallest absolute Gasteiger partial charge is 0.0714 e. The van der Waals surface area contributed by atoms with Crippen LogP contribution in [0.5, 0.6) is 0 Å². The Kier molecular flexibility index (Phi) is 7.01. The van der Waals surface area contributed by atoms with Gasteiger partial charge in [-0.2, -0.15) is 0 Å². The van der Waals surface area contributed by atoms with Gasteiger partial charge in [-0.15, -0.1) is 11.3 Å². The Morgan fingerprint density at radius 3 is 1.67 bits per heavy atom. The number of hydrogen-bond donors (Lipinski definition) is 0. The Morgan fingerprint density at radius 2 is 0.930 bits per heavy atom. The summed E-state index contributed by atoms with van der Waals surface area (Å²) in [5.74, 6) is 0. The maximum absolute atomic E-state index is 9.77. The monoisotopic (exact) mass is 747 g/mol. The molecule has 0 fully saturated rings. The van der Waals surface area contributed by atoms with Crippen molar-refractivity contribution in [2.75, 3.05) is 4.90 Å². The molecule has 0 atom stereocenters. The minimum absolute atomic E-state index is 0.0859. The molecule has 0 bridgehead atoms. The highest BCUT2D eigenvalue weighted by molar-refractivity contribution is 7.25. The van der Waals surface area contributed by atoms with Crippen molar-refractivity contribution >= 4 is 48.6 Å². The number of hydrogen-bond acceptors (Lipinski definition) is 2. The molecule has 1 aromatic heterocycles. The molecule has 10 aromatic rings. The van der Waals surface area contributed by atoms with E-state index in [1.807, 2.05) is 77.7 Å². The number of anilines is 3. The highest BCUT2D eigenvalue weighted by atomic mass is 32.1. The van der Waals surface area contributed by atoms with E-state index in [1.165, 1.54) is 10.3 Å². The zero-order chi connectivity index (χ0) is 41.2. The lowest BCUT2D eigenvalue weighted by Crippen LogP contribution is -2.28. The fraction of sp³-hybridized carbons (Fsp3) is 0.0182. The molecule has 1 aliphatic carbocycles. The maximum Gasteiger partial charge on any atom is 0.0714 e. The van der Waals surface area contributed by atoms with Crippen molar-refractivity contribution in [1.82, 2.24) is 0 Å². The average Bonchev–Trinajstić information content (AvgIpc) is 3.84. The van der Waals surface area contributed by atoms with Gasteiger partial charge in [0.05, 0.1) is 10.9 Å². The summed E-state index contributed by atoms with van der Waals surface area (Å²) in [4.78, 5) is 1.92.